The molecule has 0 aliphatic carbocycles. The molecule has 0 aliphatic rings. The maximum atomic E-state index is 4.03. The first-order valence-corrected chi connectivity index (χ1v) is 3.94. The fourth-order valence-electron chi connectivity index (χ4n) is 1.17. The topological polar surface area (TPSA) is 43.6 Å². The highest BCUT2D eigenvalue weighted by Crippen LogP contribution is 2.17. The second-order valence-electron chi connectivity index (χ2n) is 2.80. The van der Waals surface area contributed by atoms with Gasteiger partial charge in [0.05, 0.1) is 0 Å². The number of rotatable bonds is 1. The van der Waals surface area contributed by atoms with Gasteiger partial charge in [0, 0.05) is 5.56 Å². The summed E-state index contributed by atoms with van der Waals surface area (Å²) in [5.41, 5.74) is 2.13. The minimum Gasteiger partial charge on any atom is -0.301 e. The molecule has 2 rings (SSSR count). The average Bonchev–Trinajstić information content (AvgIpc) is 2.53. The lowest BCUT2D eigenvalue weighted by Crippen LogP contribution is -1.89. The lowest BCUT2D eigenvalue weighted by atomic mass is 10.1. The predicted molar refractivity (Wildman–Crippen MR) is 48.7 cm³/mol. The minimum atomic E-state index is 0.619. The van der Waals surface area contributed by atoms with Gasteiger partial charge in [-0.1, -0.05) is 29.5 Å². The Bertz CT molecular complexity index is 419. The molecule has 4 heteroatoms. The standard InChI is InChI=1S/C9H9N4/c1-7-5-3-4-6-8(7)9-10-12-13(2)11-9/h3-6H,2H2,1H3/q-1. The number of benzene rings is 1. The second kappa shape index (κ2) is 2.90. The van der Waals surface area contributed by atoms with E-state index in [1.165, 1.54) is 4.80 Å². The second-order valence-corrected chi connectivity index (χ2v) is 2.80. The zero-order valence-electron chi connectivity index (χ0n) is 7.31. The number of aromatic nitrogens is 4. The SMILES string of the molecule is [CH2-]n1nnc(-c2ccccc2C)n1. The molecule has 2 aromatic rings. The van der Waals surface area contributed by atoms with E-state index >= 15 is 0 Å². The highest BCUT2D eigenvalue weighted by Gasteiger charge is 2.04. The summed E-state index contributed by atoms with van der Waals surface area (Å²) in [7, 11) is 3.53. The van der Waals surface area contributed by atoms with Crippen LogP contribution in [-0.2, 0) is 0 Å². The van der Waals surface area contributed by atoms with Crippen molar-refractivity contribution in [3.05, 3.63) is 36.9 Å². The quantitative estimate of drug-likeness (QED) is 0.610. The minimum absolute atomic E-state index is 0.619. The van der Waals surface area contributed by atoms with Gasteiger partial charge in [-0.15, -0.1) is 5.10 Å². The maximum Gasteiger partial charge on any atom is 0.202 e. The number of nitrogens with zero attached hydrogens (tertiary/aromatic N) is 4. The first kappa shape index (κ1) is 7.79. The zero-order chi connectivity index (χ0) is 9.26. The molecule has 13 heavy (non-hydrogen) atoms. The summed E-state index contributed by atoms with van der Waals surface area (Å²) in [5, 5.41) is 11.6. The lowest BCUT2D eigenvalue weighted by Gasteiger charge is -1.98. The van der Waals surface area contributed by atoms with Crippen molar-refractivity contribution in [3.63, 3.8) is 0 Å². The zero-order valence-corrected chi connectivity index (χ0v) is 7.31. The molecule has 0 saturated carbocycles. The Hall–Kier alpha value is -1.84. The van der Waals surface area contributed by atoms with Crippen LogP contribution in [0.15, 0.2) is 24.3 Å². The highest BCUT2D eigenvalue weighted by atomic mass is 15.6. The van der Waals surface area contributed by atoms with E-state index in [0.29, 0.717) is 5.82 Å². The van der Waals surface area contributed by atoms with E-state index in [-0.39, 0.29) is 0 Å². The lowest BCUT2D eigenvalue weighted by molar-refractivity contribution is 0.714. The van der Waals surface area contributed by atoms with E-state index in [2.05, 4.69) is 22.5 Å². The van der Waals surface area contributed by atoms with Crippen molar-refractivity contribution in [2.45, 2.75) is 6.92 Å². The maximum absolute atomic E-state index is 4.03. The smallest absolute Gasteiger partial charge is 0.202 e. The largest absolute Gasteiger partial charge is 0.301 e. The van der Waals surface area contributed by atoms with Gasteiger partial charge >= 0.3 is 0 Å². The molecule has 1 heterocycles. The molecule has 66 valence electrons. The van der Waals surface area contributed by atoms with Gasteiger partial charge in [0.2, 0.25) is 5.82 Å². The van der Waals surface area contributed by atoms with E-state index in [0.717, 1.165) is 11.1 Å². The molecule has 0 saturated heterocycles. The molecule has 0 N–H and O–H groups in total. The van der Waals surface area contributed by atoms with Crippen molar-refractivity contribution in [2.75, 3.05) is 0 Å². The van der Waals surface area contributed by atoms with Gasteiger partial charge < -0.3 is 4.80 Å². The van der Waals surface area contributed by atoms with E-state index in [4.69, 9.17) is 0 Å². The molecule has 0 radical (unpaired) electrons. The van der Waals surface area contributed by atoms with E-state index in [1.54, 1.807) is 0 Å². The Kier molecular flexibility index (Phi) is 1.73. The van der Waals surface area contributed by atoms with Crippen LogP contribution in [0.3, 0.4) is 0 Å². The molecule has 0 unspecified atom stereocenters. The van der Waals surface area contributed by atoms with Crippen LogP contribution in [-0.4, -0.2) is 20.2 Å². The summed E-state index contributed by atoms with van der Waals surface area (Å²) < 4.78 is 0. The summed E-state index contributed by atoms with van der Waals surface area (Å²) in [6.07, 6.45) is 0. The van der Waals surface area contributed by atoms with Gasteiger partial charge in [0.15, 0.2) is 0 Å². The Labute approximate surface area is 76.2 Å². The normalized spacial score (nSPS) is 10.2. The molecule has 0 fully saturated rings. The number of hydrogen-bond acceptors (Lipinski definition) is 3. The number of tetrazole rings is 1. The Morgan fingerprint density at radius 3 is 2.69 bits per heavy atom. The fraction of sp³-hybridized carbons (Fsp3) is 0.111. The average molecular weight is 173 g/mol. The van der Waals surface area contributed by atoms with Crippen LogP contribution >= 0.6 is 0 Å². The van der Waals surface area contributed by atoms with Crippen LogP contribution in [0.5, 0.6) is 0 Å². The first-order valence-electron chi connectivity index (χ1n) is 3.94. The van der Waals surface area contributed by atoms with Gasteiger partial charge in [0.25, 0.3) is 0 Å². The summed E-state index contributed by atoms with van der Waals surface area (Å²) in [4.78, 5) is 1.21. The van der Waals surface area contributed by atoms with Crippen molar-refractivity contribution in [3.8, 4) is 11.4 Å². The molecular weight excluding hydrogens is 164 g/mol. The highest BCUT2D eigenvalue weighted by molar-refractivity contribution is 5.58. The molecule has 1 aromatic carbocycles. The third-order valence-corrected chi connectivity index (χ3v) is 1.84. The number of aryl methyl sites for hydroxylation is 1. The van der Waals surface area contributed by atoms with Gasteiger partial charge in [0.1, 0.15) is 0 Å². The van der Waals surface area contributed by atoms with Crippen LogP contribution in [0.1, 0.15) is 5.56 Å². The Balaban J connectivity index is 2.52. The Morgan fingerprint density at radius 2 is 2.08 bits per heavy atom. The van der Waals surface area contributed by atoms with Gasteiger partial charge in [-0.25, -0.2) is 0 Å². The van der Waals surface area contributed by atoms with Crippen LogP contribution in [0, 0.1) is 14.0 Å². The fourth-order valence-corrected chi connectivity index (χ4v) is 1.17. The monoisotopic (exact) mass is 173 g/mol. The van der Waals surface area contributed by atoms with Crippen LogP contribution in [0.4, 0.5) is 0 Å². The van der Waals surface area contributed by atoms with E-state index < -0.39 is 0 Å². The van der Waals surface area contributed by atoms with Gasteiger partial charge in [-0.3, -0.25) is 7.05 Å². The Morgan fingerprint density at radius 1 is 1.31 bits per heavy atom. The van der Waals surface area contributed by atoms with Crippen molar-refractivity contribution in [1.82, 2.24) is 20.2 Å². The van der Waals surface area contributed by atoms with Crippen molar-refractivity contribution in [1.29, 1.82) is 0 Å². The van der Waals surface area contributed by atoms with Crippen LogP contribution in [0.2, 0.25) is 0 Å². The third kappa shape index (κ3) is 1.38. The number of hydrogen-bond donors (Lipinski definition) is 0. The van der Waals surface area contributed by atoms with Crippen molar-refractivity contribution >= 4 is 0 Å². The molecule has 0 bridgehead atoms. The summed E-state index contributed by atoms with van der Waals surface area (Å²) in [5.74, 6) is 0.619. The van der Waals surface area contributed by atoms with Crippen molar-refractivity contribution in [2.24, 2.45) is 0 Å². The summed E-state index contributed by atoms with van der Waals surface area (Å²) in [6.45, 7) is 2.01. The molecular formula is C9H9N4-. The third-order valence-electron chi connectivity index (χ3n) is 1.84. The van der Waals surface area contributed by atoms with E-state index in [1.807, 2.05) is 31.2 Å². The molecule has 4 nitrogen and oxygen atoms in total. The molecule has 0 atom stereocenters. The van der Waals surface area contributed by atoms with Crippen LogP contribution < -0.4 is 0 Å². The predicted octanol–water partition coefficient (Wildman–Crippen LogP) is 1.29. The summed E-state index contributed by atoms with van der Waals surface area (Å²) >= 11 is 0. The van der Waals surface area contributed by atoms with Gasteiger partial charge in [-0.05, 0) is 12.5 Å². The van der Waals surface area contributed by atoms with Gasteiger partial charge in [-0.2, -0.15) is 5.10 Å². The summed E-state index contributed by atoms with van der Waals surface area (Å²) in [6, 6.07) is 7.91. The molecule has 0 amide bonds. The molecule has 1 aromatic heterocycles. The van der Waals surface area contributed by atoms with Crippen molar-refractivity contribution < 1.29 is 0 Å². The van der Waals surface area contributed by atoms with Crippen LogP contribution in [0.25, 0.3) is 11.4 Å². The van der Waals surface area contributed by atoms with E-state index in [9.17, 15) is 0 Å². The molecule has 0 spiro atoms. The first-order chi connectivity index (χ1) is 6.27. The molecule has 0 aliphatic heterocycles.